The molecule has 1 aromatic carbocycles. The fourth-order valence-electron chi connectivity index (χ4n) is 1.47. The molecule has 0 heterocycles. The van der Waals surface area contributed by atoms with Gasteiger partial charge in [0.25, 0.3) is 0 Å². The van der Waals surface area contributed by atoms with Crippen molar-refractivity contribution >= 4 is 17.3 Å². The van der Waals surface area contributed by atoms with Crippen LogP contribution in [0.1, 0.15) is 12.8 Å². The molecule has 5 heteroatoms. The first kappa shape index (κ1) is 12.5. The second-order valence-corrected chi connectivity index (χ2v) is 4.74. The Morgan fingerprint density at radius 1 is 1.53 bits per heavy atom. The molecule has 2 rings (SSSR count). The fraction of sp³-hybridized carbons (Fsp3) is 0.500. The summed E-state index contributed by atoms with van der Waals surface area (Å²) in [6.45, 7) is 0.778. The Morgan fingerprint density at radius 3 is 2.94 bits per heavy atom. The molecular formula is C12H17ClN2O2. The lowest BCUT2D eigenvalue weighted by Gasteiger charge is -2.14. The van der Waals surface area contributed by atoms with Crippen molar-refractivity contribution in [2.45, 2.75) is 25.0 Å². The lowest BCUT2D eigenvalue weighted by Crippen LogP contribution is -2.32. The molecule has 17 heavy (non-hydrogen) atoms. The predicted molar refractivity (Wildman–Crippen MR) is 68.4 cm³/mol. The van der Waals surface area contributed by atoms with Crippen molar-refractivity contribution in [3.8, 4) is 5.75 Å². The number of aliphatic hydroxyl groups is 1. The highest BCUT2D eigenvalue weighted by atomic mass is 35.5. The Bertz CT molecular complexity index is 383. The molecular weight excluding hydrogens is 240 g/mol. The summed E-state index contributed by atoms with van der Waals surface area (Å²) in [7, 11) is 0. The first-order valence-electron chi connectivity index (χ1n) is 5.74. The van der Waals surface area contributed by atoms with Crippen molar-refractivity contribution in [3.05, 3.63) is 23.2 Å². The van der Waals surface area contributed by atoms with Crippen LogP contribution in [0.5, 0.6) is 5.75 Å². The van der Waals surface area contributed by atoms with Crippen LogP contribution in [0.2, 0.25) is 5.02 Å². The molecule has 1 atom stereocenters. The number of aliphatic hydroxyl groups excluding tert-OH is 1. The molecule has 1 fully saturated rings. The number of benzene rings is 1. The van der Waals surface area contributed by atoms with Gasteiger partial charge in [0.2, 0.25) is 0 Å². The van der Waals surface area contributed by atoms with Gasteiger partial charge in [-0.1, -0.05) is 11.6 Å². The number of hydrogen-bond acceptors (Lipinski definition) is 4. The van der Waals surface area contributed by atoms with Crippen LogP contribution in [0.4, 0.5) is 5.69 Å². The first-order valence-corrected chi connectivity index (χ1v) is 6.12. The third-order valence-electron chi connectivity index (χ3n) is 2.61. The third kappa shape index (κ3) is 4.07. The molecule has 1 aliphatic carbocycles. The predicted octanol–water partition coefficient (Wildman–Crippen LogP) is 1.41. The minimum absolute atomic E-state index is 0.226. The lowest BCUT2D eigenvalue weighted by atomic mass is 10.3. The standard InChI is InChI=1S/C12H17ClN2O2/c13-11-5-8(14)1-4-12(11)17-7-10(16)6-15-9-2-3-9/h1,4-5,9-10,15-16H,2-3,6-7,14H2. The maximum atomic E-state index is 9.68. The van der Waals surface area contributed by atoms with E-state index in [4.69, 9.17) is 22.1 Å². The molecule has 4 N–H and O–H groups in total. The molecule has 1 aromatic rings. The summed E-state index contributed by atoms with van der Waals surface area (Å²) in [5, 5.41) is 13.4. The molecule has 94 valence electrons. The molecule has 1 aliphatic rings. The van der Waals surface area contributed by atoms with Crippen molar-refractivity contribution in [2.24, 2.45) is 0 Å². The summed E-state index contributed by atoms with van der Waals surface area (Å²) >= 11 is 5.95. The van der Waals surface area contributed by atoms with Crippen molar-refractivity contribution in [2.75, 3.05) is 18.9 Å². The number of rotatable bonds is 6. The topological polar surface area (TPSA) is 67.5 Å². The summed E-state index contributed by atoms with van der Waals surface area (Å²) in [6.07, 6.45) is 1.89. The number of anilines is 1. The van der Waals surface area contributed by atoms with E-state index >= 15 is 0 Å². The minimum Gasteiger partial charge on any atom is -0.489 e. The number of halogens is 1. The normalized spacial score (nSPS) is 16.8. The quantitative estimate of drug-likeness (QED) is 0.674. The smallest absolute Gasteiger partial charge is 0.138 e. The average Bonchev–Trinajstić information content (AvgIpc) is 3.09. The maximum absolute atomic E-state index is 9.68. The van der Waals surface area contributed by atoms with Crippen LogP contribution in [0.15, 0.2) is 18.2 Å². The zero-order valence-electron chi connectivity index (χ0n) is 9.53. The fourth-order valence-corrected chi connectivity index (χ4v) is 1.71. The van der Waals surface area contributed by atoms with Gasteiger partial charge >= 0.3 is 0 Å². The van der Waals surface area contributed by atoms with Crippen molar-refractivity contribution in [1.29, 1.82) is 0 Å². The number of nitrogen functional groups attached to an aromatic ring is 1. The van der Waals surface area contributed by atoms with Gasteiger partial charge in [-0.3, -0.25) is 0 Å². The Kier molecular flexibility index (Phi) is 4.10. The molecule has 0 amide bonds. The highest BCUT2D eigenvalue weighted by Gasteiger charge is 2.21. The van der Waals surface area contributed by atoms with Crippen LogP contribution in [-0.4, -0.2) is 30.4 Å². The molecule has 0 spiro atoms. The van der Waals surface area contributed by atoms with E-state index in [2.05, 4.69) is 5.32 Å². The summed E-state index contributed by atoms with van der Waals surface area (Å²) < 4.78 is 5.43. The summed E-state index contributed by atoms with van der Waals surface area (Å²) in [5.74, 6) is 0.548. The SMILES string of the molecule is Nc1ccc(OCC(O)CNC2CC2)c(Cl)c1. The van der Waals surface area contributed by atoms with Gasteiger partial charge in [0.15, 0.2) is 0 Å². The van der Waals surface area contributed by atoms with E-state index in [0.717, 1.165) is 0 Å². The summed E-state index contributed by atoms with van der Waals surface area (Å²) in [5.41, 5.74) is 6.17. The van der Waals surface area contributed by atoms with Gasteiger partial charge in [-0.05, 0) is 31.0 Å². The lowest BCUT2D eigenvalue weighted by molar-refractivity contribution is 0.106. The van der Waals surface area contributed by atoms with Crippen LogP contribution >= 0.6 is 11.6 Å². The Balaban J connectivity index is 1.75. The zero-order valence-corrected chi connectivity index (χ0v) is 10.3. The second kappa shape index (κ2) is 5.58. The van der Waals surface area contributed by atoms with E-state index in [1.807, 2.05) is 0 Å². The Labute approximate surface area is 106 Å². The summed E-state index contributed by atoms with van der Waals surface area (Å²) in [6, 6.07) is 5.64. The molecule has 0 bridgehead atoms. The molecule has 0 saturated heterocycles. The van der Waals surface area contributed by atoms with E-state index in [1.54, 1.807) is 18.2 Å². The van der Waals surface area contributed by atoms with Gasteiger partial charge in [0, 0.05) is 18.3 Å². The molecule has 4 nitrogen and oxygen atoms in total. The van der Waals surface area contributed by atoms with Crippen LogP contribution in [0.25, 0.3) is 0 Å². The monoisotopic (exact) mass is 256 g/mol. The van der Waals surface area contributed by atoms with Gasteiger partial charge in [-0.15, -0.1) is 0 Å². The Hall–Kier alpha value is -0.970. The van der Waals surface area contributed by atoms with Crippen LogP contribution in [-0.2, 0) is 0 Å². The van der Waals surface area contributed by atoms with Gasteiger partial charge in [-0.2, -0.15) is 0 Å². The molecule has 0 radical (unpaired) electrons. The number of nitrogens with two attached hydrogens (primary N) is 1. The molecule has 1 unspecified atom stereocenters. The highest BCUT2D eigenvalue weighted by molar-refractivity contribution is 6.32. The highest BCUT2D eigenvalue weighted by Crippen LogP contribution is 2.26. The molecule has 0 aliphatic heterocycles. The Morgan fingerprint density at radius 2 is 2.29 bits per heavy atom. The van der Waals surface area contributed by atoms with Gasteiger partial charge in [0.1, 0.15) is 18.5 Å². The van der Waals surface area contributed by atoms with Crippen LogP contribution < -0.4 is 15.8 Å². The van der Waals surface area contributed by atoms with Crippen LogP contribution in [0, 0.1) is 0 Å². The van der Waals surface area contributed by atoms with Crippen molar-refractivity contribution in [1.82, 2.24) is 5.32 Å². The van der Waals surface area contributed by atoms with E-state index in [9.17, 15) is 5.11 Å². The van der Waals surface area contributed by atoms with E-state index in [-0.39, 0.29) is 6.61 Å². The first-order chi connectivity index (χ1) is 8.15. The van der Waals surface area contributed by atoms with Crippen molar-refractivity contribution < 1.29 is 9.84 Å². The van der Waals surface area contributed by atoms with Gasteiger partial charge in [0.05, 0.1) is 5.02 Å². The average molecular weight is 257 g/mol. The summed E-state index contributed by atoms with van der Waals surface area (Å²) in [4.78, 5) is 0. The van der Waals surface area contributed by atoms with E-state index in [0.29, 0.717) is 29.0 Å². The number of nitrogens with one attached hydrogen (secondary N) is 1. The third-order valence-corrected chi connectivity index (χ3v) is 2.90. The van der Waals surface area contributed by atoms with E-state index in [1.165, 1.54) is 12.8 Å². The minimum atomic E-state index is -0.524. The second-order valence-electron chi connectivity index (χ2n) is 4.34. The van der Waals surface area contributed by atoms with Gasteiger partial charge in [-0.25, -0.2) is 0 Å². The zero-order chi connectivity index (χ0) is 12.3. The maximum Gasteiger partial charge on any atom is 0.138 e. The molecule has 0 aromatic heterocycles. The van der Waals surface area contributed by atoms with E-state index < -0.39 is 6.10 Å². The largest absolute Gasteiger partial charge is 0.489 e. The van der Waals surface area contributed by atoms with Gasteiger partial charge < -0.3 is 20.9 Å². The number of ether oxygens (including phenoxy) is 1. The number of hydrogen-bond donors (Lipinski definition) is 3. The molecule has 1 saturated carbocycles. The van der Waals surface area contributed by atoms with Crippen LogP contribution in [0.3, 0.4) is 0 Å². The van der Waals surface area contributed by atoms with Crippen molar-refractivity contribution in [3.63, 3.8) is 0 Å².